The lowest BCUT2D eigenvalue weighted by Crippen LogP contribution is -2.67. The summed E-state index contributed by atoms with van der Waals surface area (Å²) in [5, 5.41) is 0. The first-order valence-corrected chi connectivity index (χ1v) is 7.74. The third kappa shape index (κ3) is 2.28. The summed E-state index contributed by atoms with van der Waals surface area (Å²) >= 11 is 0. The molecular weight excluding hydrogens is 266 g/mol. The Bertz CT molecular complexity index is 521. The molecule has 1 spiro atoms. The molecule has 0 unspecified atom stereocenters. The van der Waals surface area contributed by atoms with Crippen molar-refractivity contribution in [2.24, 2.45) is 11.3 Å². The number of ether oxygens (including phenoxy) is 1. The molecule has 0 aromatic carbocycles. The van der Waals surface area contributed by atoms with E-state index in [1.807, 2.05) is 4.90 Å². The van der Waals surface area contributed by atoms with Crippen LogP contribution in [0.5, 0.6) is 5.75 Å². The largest absolute Gasteiger partial charge is 0.494 e. The smallest absolute Gasteiger partial charge is 0.291 e. The summed E-state index contributed by atoms with van der Waals surface area (Å²) in [7, 11) is 1.56. The second-order valence-corrected chi connectivity index (χ2v) is 6.64. The zero-order valence-corrected chi connectivity index (χ0v) is 13.0. The van der Waals surface area contributed by atoms with E-state index in [2.05, 4.69) is 23.8 Å². The lowest BCUT2D eigenvalue weighted by Gasteiger charge is -2.58. The highest BCUT2D eigenvalue weighted by atomic mass is 16.5. The van der Waals surface area contributed by atoms with Gasteiger partial charge in [-0.25, -0.2) is 9.97 Å². The van der Waals surface area contributed by atoms with E-state index in [1.165, 1.54) is 25.7 Å². The summed E-state index contributed by atoms with van der Waals surface area (Å²) in [5.74, 6) is 1.27. The van der Waals surface area contributed by atoms with Crippen LogP contribution in [0, 0.1) is 11.3 Å². The lowest BCUT2D eigenvalue weighted by atomic mass is 9.66. The number of likely N-dealkylation sites (tertiary alicyclic amines) is 1. The fourth-order valence-electron chi connectivity index (χ4n) is 4.21. The SMILES string of the molecule is COc1cnc(C(=O)N2CC3(CCCC3)[C@@H]2C(C)C)nc1. The average molecular weight is 289 g/mol. The molecule has 1 aliphatic carbocycles. The molecule has 1 atom stereocenters. The molecule has 1 aliphatic heterocycles. The Hall–Kier alpha value is -1.65. The number of hydrogen-bond acceptors (Lipinski definition) is 4. The van der Waals surface area contributed by atoms with Gasteiger partial charge in [-0.05, 0) is 18.8 Å². The zero-order valence-electron chi connectivity index (χ0n) is 13.0. The Balaban J connectivity index is 1.78. The van der Waals surface area contributed by atoms with E-state index in [4.69, 9.17) is 4.74 Å². The normalized spacial score (nSPS) is 23.4. The maximum absolute atomic E-state index is 12.6. The quantitative estimate of drug-likeness (QED) is 0.858. The Morgan fingerprint density at radius 1 is 1.33 bits per heavy atom. The van der Waals surface area contributed by atoms with Crippen LogP contribution in [0.25, 0.3) is 0 Å². The van der Waals surface area contributed by atoms with Crippen LogP contribution in [0.3, 0.4) is 0 Å². The summed E-state index contributed by atoms with van der Waals surface area (Å²) in [5.41, 5.74) is 0.357. The van der Waals surface area contributed by atoms with E-state index >= 15 is 0 Å². The van der Waals surface area contributed by atoms with Crippen molar-refractivity contribution >= 4 is 5.91 Å². The Morgan fingerprint density at radius 3 is 2.48 bits per heavy atom. The van der Waals surface area contributed by atoms with Crippen molar-refractivity contribution in [3.63, 3.8) is 0 Å². The molecule has 21 heavy (non-hydrogen) atoms. The standard InChI is InChI=1S/C16H23N3O2/c1-11(2)13-16(6-4-5-7-16)10-19(13)15(20)14-17-8-12(21-3)9-18-14/h8-9,11,13H,4-7,10H2,1-3H3/t13-/m0/s1. The maximum Gasteiger partial charge on any atom is 0.291 e. The van der Waals surface area contributed by atoms with Gasteiger partial charge in [0.15, 0.2) is 5.75 Å². The van der Waals surface area contributed by atoms with Crippen molar-refractivity contribution in [1.29, 1.82) is 0 Å². The minimum Gasteiger partial charge on any atom is -0.494 e. The molecule has 1 saturated carbocycles. The molecule has 2 heterocycles. The first kappa shape index (κ1) is 14.3. The fourth-order valence-corrected chi connectivity index (χ4v) is 4.21. The maximum atomic E-state index is 12.6. The number of aromatic nitrogens is 2. The van der Waals surface area contributed by atoms with Gasteiger partial charge >= 0.3 is 0 Å². The second kappa shape index (κ2) is 5.28. The summed E-state index contributed by atoms with van der Waals surface area (Å²) in [6.45, 7) is 5.28. The molecule has 5 nitrogen and oxygen atoms in total. The number of carbonyl (C=O) groups is 1. The van der Waals surface area contributed by atoms with Crippen molar-refractivity contribution in [2.75, 3.05) is 13.7 Å². The van der Waals surface area contributed by atoms with Crippen LogP contribution < -0.4 is 4.74 Å². The van der Waals surface area contributed by atoms with E-state index in [9.17, 15) is 4.79 Å². The number of nitrogens with zero attached hydrogens (tertiary/aromatic N) is 3. The highest BCUT2D eigenvalue weighted by Gasteiger charge is 2.56. The fraction of sp³-hybridized carbons (Fsp3) is 0.688. The zero-order chi connectivity index (χ0) is 15.0. The predicted octanol–water partition coefficient (Wildman–Crippen LogP) is 2.53. The van der Waals surface area contributed by atoms with Gasteiger partial charge in [-0.2, -0.15) is 0 Å². The van der Waals surface area contributed by atoms with Gasteiger partial charge in [0.2, 0.25) is 5.82 Å². The molecule has 0 N–H and O–H groups in total. The molecule has 5 heteroatoms. The van der Waals surface area contributed by atoms with Gasteiger partial charge in [-0.15, -0.1) is 0 Å². The summed E-state index contributed by atoms with van der Waals surface area (Å²) in [6.07, 6.45) is 8.20. The molecule has 1 aromatic rings. The van der Waals surface area contributed by atoms with Crippen LogP contribution in [-0.4, -0.2) is 40.5 Å². The minimum absolute atomic E-state index is 0.0473. The van der Waals surface area contributed by atoms with Crippen LogP contribution in [0.4, 0.5) is 0 Å². The van der Waals surface area contributed by atoms with Crippen LogP contribution in [-0.2, 0) is 0 Å². The van der Waals surface area contributed by atoms with Gasteiger partial charge in [0.05, 0.1) is 19.5 Å². The van der Waals surface area contributed by atoms with Crippen LogP contribution >= 0.6 is 0 Å². The van der Waals surface area contributed by atoms with E-state index < -0.39 is 0 Å². The van der Waals surface area contributed by atoms with Crippen molar-refractivity contribution in [1.82, 2.24) is 14.9 Å². The summed E-state index contributed by atoms with van der Waals surface area (Å²) in [4.78, 5) is 22.9. The number of amides is 1. The molecule has 1 saturated heterocycles. The van der Waals surface area contributed by atoms with Crippen molar-refractivity contribution in [3.8, 4) is 5.75 Å². The van der Waals surface area contributed by atoms with Crippen LogP contribution in [0.2, 0.25) is 0 Å². The summed E-state index contributed by atoms with van der Waals surface area (Å²) < 4.78 is 5.04. The summed E-state index contributed by atoms with van der Waals surface area (Å²) in [6, 6.07) is 0.332. The highest BCUT2D eigenvalue weighted by Crippen LogP contribution is 2.53. The number of carbonyl (C=O) groups excluding carboxylic acids is 1. The first-order valence-electron chi connectivity index (χ1n) is 7.74. The van der Waals surface area contributed by atoms with E-state index in [-0.39, 0.29) is 11.7 Å². The predicted molar refractivity (Wildman–Crippen MR) is 79.1 cm³/mol. The molecule has 1 amide bonds. The third-order valence-electron chi connectivity index (χ3n) is 5.00. The second-order valence-electron chi connectivity index (χ2n) is 6.64. The average Bonchev–Trinajstić information content (AvgIpc) is 2.95. The third-order valence-corrected chi connectivity index (χ3v) is 5.00. The topological polar surface area (TPSA) is 55.3 Å². The molecule has 3 rings (SSSR count). The van der Waals surface area contributed by atoms with Gasteiger partial charge in [-0.1, -0.05) is 26.7 Å². The molecule has 0 bridgehead atoms. The highest BCUT2D eigenvalue weighted by molar-refractivity contribution is 5.91. The first-order chi connectivity index (χ1) is 10.1. The molecular formula is C16H23N3O2. The molecule has 1 aromatic heterocycles. The van der Waals surface area contributed by atoms with Gasteiger partial charge in [0.1, 0.15) is 0 Å². The molecule has 114 valence electrons. The molecule has 2 aliphatic rings. The number of rotatable bonds is 3. The Morgan fingerprint density at radius 2 is 1.95 bits per heavy atom. The van der Waals surface area contributed by atoms with Crippen LogP contribution in [0.1, 0.15) is 50.1 Å². The lowest BCUT2D eigenvalue weighted by molar-refractivity contribution is -0.0707. The Labute approximate surface area is 125 Å². The van der Waals surface area contributed by atoms with E-state index in [0.29, 0.717) is 23.1 Å². The van der Waals surface area contributed by atoms with Gasteiger partial charge in [0, 0.05) is 18.0 Å². The van der Waals surface area contributed by atoms with Crippen LogP contribution in [0.15, 0.2) is 12.4 Å². The van der Waals surface area contributed by atoms with Crippen molar-refractivity contribution in [3.05, 3.63) is 18.2 Å². The van der Waals surface area contributed by atoms with Gasteiger partial charge in [-0.3, -0.25) is 4.79 Å². The Kier molecular flexibility index (Phi) is 3.59. The molecule has 2 fully saturated rings. The number of methoxy groups -OCH3 is 1. The number of hydrogen-bond donors (Lipinski definition) is 0. The van der Waals surface area contributed by atoms with Gasteiger partial charge in [0.25, 0.3) is 5.91 Å². The van der Waals surface area contributed by atoms with Gasteiger partial charge < -0.3 is 9.64 Å². The van der Waals surface area contributed by atoms with E-state index in [0.717, 1.165) is 6.54 Å². The minimum atomic E-state index is -0.0473. The van der Waals surface area contributed by atoms with Crippen molar-refractivity contribution in [2.45, 2.75) is 45.6 Å². The van der Waals surface area contributed by atoms with Crippen molar-refractivity contribution < 1.29 is 9.53 Å². The van der Waals surface area contributed by atoms with E-state index in [1.54, 1.807) is 19.5 Å². The monoisotopic (exact) mass is 289 g/mol. The molecule has 0 radical (unpaired) electrons.